The van der Waals surface area contributed by atoms with E-state index in [9.17, 15) is 9.59 Å². The van der Waals surface area contributed by atoms with Crippen LogP contribution in [0.25, 0.3) is 0 Å². The normalized spacial score (nSPS) is 11.9. The van der Waals surface area contributed by atoms with Crippen LogP contribution in [0.2, 0.25) is 5.02 Å². The number of halogens is 1. The number of benzene rings is 4. The number of hydrogen-bond acceptors (Lipinski definition) is 4. The van der Waals surface area contributed by atoms with Crippen molar-refractivity contribution in [1.82, 2.24) is 0 Å². The van der Waals surface area contributed by atoms with Crippen LogP contribution in [0, 0.1) is 0 Å². The Balaban J connectivity index is 1.32. The highest BCUT2D eigenvalue weighted by atomic mass is 35.5. The maximum atomic E-state index is 12.6. The van der Waals surface area contributed by atoms with E-state index >= 15 is 0 Å². The Morgan fingerprint density at radius 3 is 1.95 bits per heavy atom. The molecule has 4 aromatic carbocycles. The molecular weight excluding hydrogens is 486 g/mol. The lowest BCUT2D eigenvalue weighted by Gasteiger charge is -2.26. The van der Waals surface area contributed by atoms with Crippen LogP contribution < -0.4 is 14.8 Å². The molecule has 0 radical (unpaired) electrons. The highest BCUT2D eigenvalue weighted by Gasteiger charge is 2.23. The summed E-state index contributed by atoms with van der Waals surface area (Å²) in [6, 6.07) is 31.2. The van der Waals surface area contributed by atoms with Crippen LogP contribution in [0.3, 0.4) is 0 Å². The second-order valence-electron chi connectivity index (χ2n) is 9.18. The van der Waals surface area contributed by atoms with E-state index in [1.807, 2.05) is 42.5 Å². The molecule has 4 rings (SSSR count). The molecule has 1 amide bonds. The Labute approximate surface area is 222 Å². The molecule has 0 aliphatic rings. The summed E-state index contributed by atoms with van der Waals surface area (Å²) >= 11 is 5.87. The summed E-state index contributed by atoms with van der Waals surface area (Å²) in [7, 11) is 0. The molecule has 5 nitrogen and oxygen atoms in total. The summed E-state index contributed by atoms with van der Waals surface area (Å²) in [6.07, 6.45) is -0.819. The third-order valence-electron chi connectivity index (χ3n) is 6.15. The second kappa shape index (κ2) is 11.3. The number of nitrogens with one attached hydrogen (secondary N) is 1. The molecule has 1 unspecified atom stereocenters. The van der Waals surface area contributed by atoms with E-state index < -0.39 is 12.1 Å². The minimum absolute atomic E-state index is 0.164. The van der Waals surface area contributed by atoms with Crippen molar-refractivity contribution in [2.24, 2.45) is 0 Å². The summed E-state index contributed by atoms with van der Waals surface area (Å²) in [5.41, 5.74) is 3.25. The first kappa shape index (κ1) is 26.0. The van der Waals surface area contributed by atoms with Gasteiger partial charge in [-0.2, -0.15) is 0 Å². The lowest BCUT2D eigenvalue weighted by Crippen LogP contribution is -2.28. The Hall–Kier alpha value is -4.09. The SMILES string of the molecule is CC(Oc1ccc(C(C)(C)c2ccccc2)cc1)C(=O)Oc1ccc(C(=O)Nc2ccc(Cl)cc2)cc1. The molecule has 0 aromatic heterocycles. The topological polar surface area (TPSA) is 64.6 Å². The first-order chi connectivity index (χ1) is 17.7. The fraction of sp³-hybridized carbons (Fsp3) is 0.161. The molecule has 4 aromatic rings. The smallest absolute Gasteiger partial charge is 0.352 e. The van der Waals surface area contributed by atoms with Crippen molar-refractivity contribution in [3.05, 3.63) is 125 Å². The van der Waals surface area contributed by atoms with Gasteiger partial charge in [-0.25, -0.2) is 4.79 Å². The van der Waals surface area contributed by atoms with Gasteiger partial charge in [0.25, 0.3) is 5.91 Å². The summed E-state index contributed by atoms with van der Waals surface area (Å²) in [5.74, 6) is 0.0811. The van der Waals surface area contributed by atoms with E-state index in [0.29, 0.717) is 27.8 Å². The first-order valence-electron chi connectivity index (χ1n) is 11.9. The standard InChI is InChI=1S/C31H28ClNO4/c1-21(36-27-19-11-24(12-20-27)31(2,3)23-7-5-4-6-8-23)30(35)37-28-17-9-22(10-18-28)29(34)33-26-15-13-25(32)14-16-26/h4-21H,1-3H3,(H,33,34). The van der Waals surface area contributed by atoms with Gasteiger partial charge >= 0.3 is 5.97 Å². The molecule has 0 aliphatic carbocycles. The number of amides is 1. The molecule has 1 atom stereocenters. The Bertz CT molecular complexity index is 1350. The molecule has 0 aliphatic heterocycles. The van der Waals surface area contributed by atoms with E-state index in [1.165, 1.54) is 5.56 Å². The van der Waals surface area contributed by atoms with Crippen molar-refractivity contribution in [2.45, 2.75) is 32.3 Å². The van der Waals surface area contributed by atoms with Gasteiger partial charge in [0.05, 0.1) is 0 Å². The zero-order chi connectivity index (χ0) is 26.4. The van der Waals surface area contributed by atoms with Crippen molar-refractivity contribution in [3.8, 4) is 11.5 Å². The first-order valence-corrected chi connectivity index (χ1v) is 12.3. The van der Waals surface area contributed by atoms with E-state index in [2.05, 4.69) is 31.3 Å². The summed E-state index contributed by atoms with van der Waals surface area (Å²) in [6.45, 7) is 5.98. The molecule has 6 heteroatoms. The van der Waals surface area contributed by atoms with Gasteiger partial charge in [-0.15, -0.1) is 0 Å². The predicted octanol–water partition coefficient (Wildman–Crippen LogP) is 7.29. The fourth-order valence-corrected chi connectivity index (χ4v) is 3.96. The van der Waals surface area contributed by atoms with Gasteiger partial charge in [-0.3, -0.25) is 4.79 Å². The van der Waals surface area contributed by atoms with Gasteiger partial charge in [-0.1, -0.05) is 67.9 Å². The average molecular weight is 514 g/mol. The monoisotopic (exact) mass is 513 g/mol. The second-order valence-corrected chi connectivity index (χ2v) is 9.62. The number of hydrogen-bond donors (Lipinski definition) is 1. The lowest BCUT2D eigenvalue weighted by atomic mass is 9.78. The maximum absolute atomic E-state index is 12.6. The molecule has 0 saturated heterocycles. The summed E-state index contributed by atoms with van der Waals surface area (Å²) in [4.78, 5) is 25.0. The molecule has 1 N–H and O–H groups in total. The van der Waals surface area contributed by atoms with Crippen LogP contribution in [-0.4, -0.2) is 18.0 Å². The average Bonchev–Trinajstić information content (AvgIpc) is 2.91. The molecule has 0 fully saturated rings. The number of esters is 1. The molecule has 0 spiro atoms. The molecule has 0 bridgehead atoms. The van der Waals surface area contributed by atoms with Crippen LogP contribution in [0.5, 0.6) is 11.5 Å². The van der Waals surface area contributed by atoms with Crippen molar-refractivity contribution in [1.29, 1.82) is 0 Å². The maximum Gasteiger partial charge on any atom is 0.352 e. The van der Waals surface area contributed by atoms with E-state index in [0.717, 1.165) is 5.56 Å². The van der Waals surface area contributed by atoms with Gasteiger partial charge in [0.2, 0.25) is 0 Å². The van der Waals surface area contributed by atoms with Crippen molar-refractivity contribution in [2.75, 3.05) is 5.32 Å². The predicted molar refractivity (Wildman–Crippen MR) is 147 cm³/mol. The third kappa shape index (κ3) is 6.57. The highest BCUT2D eigenvalue weighted by molar-refractivity contribution is 6.30. The number of ether oxygens (including phenoxy) is 2. The summed E-state index contributed by atoms with van der Waals surface area (Å²) < 4.78 is 11.3. The molecule has 37 heavy (non-hydrogen) atoms. The van der Waals surface area contributed by atoms with E-state index in [-0.39, 0.29) is 11.3 Å². The third-order valence-corrected chi connectivity index (χ3v) is 6.41. The minimum Gasteiger partial charge on any atom is -0.479 e. The van der Waals surface area contributed by atoms with Gasteiger partial charge in [0.1, 0.15) is 11.5 Å². The minimum atomic E-state index is -0.819. The molecule has 188 valence electrons. The highest BCUT2D eigenvalue weighted by Crippen LogP contribution is 2.32. The Kier molecular flexibility index (Phi) is 7.95. The summed E-state index contributed by atoms with van der Waals surface area (Å²) in [5, 5.41) is 3.38. The zero-order valence-corrected chi connectivity index (χ0v) is 21.7. The van der Waals surface area contributed by atoms with Crippen LogP contribution in [0.4, 0.5) is 5.69 Å². The van der Waals surface area contributed by atoms with Gasteiger partial charge in [-0.05, 0) is 78.7 Å². The molecular formula is C31H28ClNO4. The fourth-order valence-electron chi connectivity index (χ4n) is 3.83. The van der Waals surface area contributed by atoms with Crippen LogP contribution in [0.15, 0.2) is 103 Å². The lowest BCUT2D eigenvalue weighted by molar-refractivity contribution is -0.141. The van der Waals surface area contributed by atoms with Gasteiger partial charge < -0.3 is 14.8 Å². The number of carbonyl (C=O) groups is 2. The molecule has 0 heterocycles. The number of anilines is 1. The quantitative estimate of drug-likeness (QED) is 0.198. The van der Waals surface area contributed by atoms with Crippen LogP contribution in [0.1, 0.15) is 42.3 Å². The van der Waals surface area contributed by atoms with Crippen LogP contribution in [-0.2, 0) is 10.2 Å². The Morgan fingerprint density at radius 1 is 0.757 bits per heavy atom. The van der Waals surface area contributed by atoms with Gasteiger partial charge in [0.15, 0.2) is 6.10 Å². The number of rotatable bonds is 8. The van der Waals surface area contributed by atoms with Crippen molar-refractivity contribution >= 4 is 29.2 Å². The van der Waals surface area contributed by atoms with Crippen molar-refractivity contribution < 1.29 is 19.1 Å². The van der Waals surface area contributed by atoms with E-state index in [4.69, 9.17) is 21.1 Å². The van der Waals surface area contributed by atoms with E-state index in [1.54, 1.807) is 55.5 Å². The largest absolute Gasteiger partial charge is 0.479 e. The zero-order valence-electron chi connectivity index (χ0n) is 20.9. The number of carbonyl (C=O) groups excluding carboxylic acids is 2. The molecule has 0 saturated carbocycles. The van der Waals surface area contributed by atoms with Crippen LogP contribution >= 0.6 is 11.6 Å². The van der Waals surface area contributed by atoms with Crippen molar-refractivity contribution in [3.63, 3.8) is 0 Å². The van der Waals surface area contributed by atoms with Gasteiger partial charge in [0, 0.05) is 21.7 Å². The Morgan fingerprint density at radius 2 is 1.32 bits per heavy atom.